The van der Waals surface area contributed by atoms with E-state index in [2.05, 4.69) is 5.32 Å². The molecule has 126 valence electrons. The molecule has 0 aliphatic heterocycles. The lowest BCUT2D eigenvalue weighted by Crippen LogP contribution is -2.76. The van der Waals surface area contributed by atoms with E-state index in [1.807, 2.05) is 0 Å². The Balaban J connectivity index is 2.28. The summed E-state index contributed by atoms with van der Waals surface area (Å²) in [7, 11) is 0. The summed E-state index contributed by atoms with van der Waals surface area (Å²) >= 11 is 0. The molecule has 1 aliphatic rings. The van der Waals surface area contributed by atoms with Crippen LogP contribution in [0.15, 0.2) is 18.2 Å². The van der Waals surface area contributed by atoms with E-state index in [-0.39, 0.29) is 18.1 Å². The van der Waals surface area contributed by atoms with Crippen molar-refractivity contribution in [1.29, 1.82) is 0 Å². The van der Waals surface area contributed by atoms with Crippen molar-refractivity contribution < 1.29 is 28.2 Å². The molecule has 2 atom stereocenters. The minimum atomic E-state index is -1.55. The summed E-state index contributed by atoms with van der Waals surface area (Å²) in [5.74, 6) is -3.85. The van der Waals surface area contributed by atoms with E-state index in [4.69, 9.17) is 4.74 Å². The third-order valence-corrected chi connectivity index (χ3v) is 4.58. The Kier molecular flexibility index (Phi) is 4.43. The van der Waals surface area contributed by atoms with Crippen LogP contribution in [0.4, 0.5) is 8.78 Å². The summed E-state index contributed by atoms with van der Waals surface area (Å²) in [6.45, 7) is 5.58. The number of hydrogen-bond donors (Lipinski definition) is 2. The number of aliphatic carboxylic acids is 1. The van der Waals surface area contributed by atoms with Gasteiger partial charge in [0.25, 0.3) is 5.91 Å². The molecule has 0 spiro atoms. The van der Waals surface area contributed by atoms with E-state index in [0.29, 0.717) is 12.7 Å². The van der Waals surface area contributed by atoms with Gasteiger partial charge in [-0.15, -0.1) is 0 Å². The van der Waals surface area contributed by atoms with Crippen LogP contribution >= 0.6 is 0 Å². The molecule has 1 aromatic carbocycles. The van der Waals surface area contributed by atoms with E-state index in [1.165, 1.54) is 0 Å². The Hall–Kier alpha value is -2.02. The number of carbonyl (C=O) groups excluding carboxylic acids is 1. The summed E-state index contributed by atoms with van der Waals surface area (Å²) < 4.78 is 32.0. The van der Waals surface area contributed by atoms with Gasteiger partial charge in [-0.05, 0) is 19.1 Å². The van der Waals surface area contributed by atoms with Gasteiger partial charge in [0.05, 0.1) is 6.10 Å². The molecule has 1 aromatic rings. The molecule has 5 nitrogen and oxygen atoms in total. The summed E-state index contributed by atoms with van der Waals surface area (Å²) in [5, 5.41) is 12.0. The van der Waals surface area contributed by atoms with Crippen LogP contribution < -0.4 is 5.32 Å². The van der Waals surface area contributed by atoms with Gasteiger partial charge in [0, 0.05) is 30.1 Å². The fraction of sp³-hybridized carbons (Fsp3) is 0.500. The Labute approximate surface area is 132 Å². The molecule has 2 rings (SSSR count). The minimum Gasteiger partial charge on any atom is -0.479 e. The van der Waals surface area contributed by atoms with Crippen molar-refractivity contribution in [2.45, 2.75) is 38.8 Å². The number of halogens is 2. The maximum Gasteiger partial charge on any atom is 0.330 e. The van der Waals surface area contributed by atoms with Crippen LogP contribution in [0.3, 0.4) is 0 Å². The van der Waals surface area contributed by atoms with Gasteiger partial charge in [-0.3, -0.25) is 4.79 Å². The quantitative estimate of drug-likeness (QED) is 0.870. The smallest absolute Gasteiger partial charge is 0.330 e. The number of carboxylic acids is 1. The molecule has 0 saturated heterocycles. The molecule has 1 fully saturated rings. The first-order valence-corrected chi connectivity index (χ1v) is 7.27. The van der Waals surface area contributed by atoms with E-state index in [9.17, 15) is 23.5 Å². The van der Waals surface area contributed by atoms with Gasteiger partial charge in [0.15, 0.2) is 0 Å². The van der Waals surface area contributed by atoms with Gasteiger partial charge in [0.2, 0.25) is 0 Å². The maximum absolute atomic E-state index is 13.2. The number of ether oxygens (including phenoxy) is 1. The van der Waals surface area contributed by atoms with Crippen LogP contribution in [0, 0.1) is 17.0 Å². The minimum absolute atomic E-state index is 0.0900. The van der Waals surface area contributed by atoms with Crippen LogP contribution in [-0.2, 0) is 9.53 Å². The lowest BCUT2D eigenvalue weighted by Gasteiger charge is -2.58. The van der Waals surface area contributed by atoms with Gasteiger partial charge in [-0.25, -0.2) is 13.6 Å². The summed E-state index contributed by atoms with van der Waals surface area (Å²) in [6, 6.07) is 2.36. The Morgan fingerprint density at radius 2 is 1.87 bits per heavy atom. The van der Waals surface area contributed by atoms with Crippen molar-refractivity contribution in [2.24, 2.45) is 5.41 Å². The molecule has 1 amide bonds. The molecule has 2 unspecified atom stereocenters. The third-order valence-electron chi connectivity index (χ3n) is 4.58. The number of nitrogens with one attached hydrogen (secondary N) is 1. The standard InChI is InChI=1S/C16H19F2NO4/c1-4-23-12-8-16(14(21)22,15(12,2)3)19-13(20)9-5-10(17)7-11(18)6-9/h5-7,12H,4,8H2,1-3H3,(H,19,20)(H,21,22). The highest BCUT2D eigenvalue weighted by Gasteiger charge is 2.66. The zero-order valence-electron chi connectivity index (χ0n) is 13.2. The fourth-order valence-electron chi connectivity index (χ4n) is 2.99. The second kappa shape index (κ2) is 5.88. The highest BCUT2D eigenvalue weighted by Crippen LogP contribution is 2.51. The van der Waals surface area contributed by atoms with Crippen LogP contribution in [0.5, 0.6) is 0 Å². The number of benzene rings is 1. The molecule has 0 radical (unpaired) electrons. The van der Waals surface area contributed by atoms with Gasteiger partial charge in [-0.2, -0.15) is 0 Å². The average molecular weight is 327 g/mol. The van der Waals surface area contributed by atoms with Gasteiger partial charge in [-0.1, -0.05) is 13.8 Å². The number of rotatable bonds is 5. The van der Waals surface area contributed by atoms with Crippen molar-refractivity contribution in [1.82, 2.24) is 5.32 Å². The summed E-state index contributed by atoms with van der Waals surface area (Å²) in [5.41, 5.74) is -2.68. The Bertz CT molecular complexity index is 627. The second-order valence-electron chi connectivity index (χ2n) is 6.19. The van der Waals surface area contributed by atoms with Gasteiger partial charge < -0.3 is 15.2 Å². The molecule has 23 heavy (non-hydrogen) atoms. The molecule has 0 aromatic heterocycles. The van der Waals surface area contributed by atoms with Crippen LogP contribution in [0.25, 0.3) is 0 Å². The van der Waals surface area contributed by atoms with E-state index < -0.39 is 34.5 Å². The predicted octanol–water partition coefficient (Wildman–Crippen LogP) is 2.35. The molecule has 0 heterocycles. The molecule has 0 bridgehead atoms. The molecule has 1 saturated carbocycles. The van der Waals surface area contributed by atoms with Crippen LogP contribution in [-0.4, -0.2) is 35.2 Å². The summed E-state index contributed by atoms with van der Waals surface area (Å²) in [4.78, 5) is 24.0. The lowest BCUT2D eigenvalue weighted by molar-refractivity contribution is -0.190. The zero-order chi connectivity index (χ0) is 17.4. The van der Waals surface area contributed by atoms with Crippen molar-refractivity contribution >= 4 is 11.9 Å². The van der Waals surface area contributed by atoms with Gasteiger partial charge >= 0.3 is 5.97 Å². The topological polar surface area (TPSA) is 75.6 Å². The van der Waals surface area contributed by atoms with Crippen molar-refractivity contribution in [3.05, 3.63) is 35.4 Å². The van der Waals surface area contributed by atoms with E-state index in [0.717, 1.165) is 12.1 Å². The first-order chi connectivity index (χ1) is 10.6. The normalized spacial score (nSPS) is 25.5. The van der Waals surface area contributed by atoms with Crippen LogP contribution in [0.1, 0.15) is 37.6 Å². The molecule has 2 N–H and O–H groups in total. The Morgan fingerprint density at radius 3 is 2.30 bits per heavy atom. The lowest BCUT2D eigenvalue weighted by atomic mass is 9.54. The SMILES string of the molecule is CCOC1CC(NC(=O)c2cc(F)cc(F)c2)(C(=O)O)C1(C)C. The first-order valence-electron chi connectivity index (χ1n) is 7.27. The van der Waals surface area contributed by atoms with Crippen molar-refractivity contribution in [2.75, 3.05) is 6.61 Å². The number of hydrogen-bond acceptors (Lipinski definition) is 3. The van der Waals surface area contributed by atoms with Crippen molar-refractivity contribution in [3.8, 4) is 0 Å². The van der Waals surface area contributed by atoms with Gasteiger partial charge in [0.1, 0.15) is 17.2 Å². The molecule has 7 heteroatoms. The number of amides is 1. The molecule has 1 aliphatic carbocycles. The first kappa shape index (κ1) is 17.3. The highest BCUT2D eigenvalue weighted by atomic mass is 19.1. The fourth-order valence-corrected chi connectivity index (χ4v) is 2.99. The van der Waals surface area contributed by atoms with Crippen LogP contribution in [0.2, 0.25) is 0 Å². The number of carboxylic acid groups (broad SMARTS) is 1. The molecular formula is C16H19F2NO4. The van der Waals surface area contributed by atoms with Crippen molar-refractivity contribution in [3.63, 3.8) is 0 Å². The zero-order valence-corrected chi connectivity index (χ0v) is 13.2. The number of carbonyl (C=O) groups is 2. The maximum atomic E-state index is 13.2. The average Bonchev–Trinajstić information content (AvgIpc) is 2.44. The van der Waals surface area contributed by atoms with E-state index >= 15 is 0 Å². The monoisotopic (exact) mass is 327 g/mol. The predicted molar refractivity (Wildman–Crippen MR) is 78.0 cm³/mol. The van der Waals surface area contributed by atoms with E-state index in [1.54, 1.807) is 20.8 Å². The Morgan fingerprint density at radius 1 is 1.30 bits per heavy atom. The third kappa shape index (κ3) is 2.81. The molecular weight excluding hydrogens is 308 g/mol. The largest absolute Gasteiger partial charge is 0.479 e. The highest BCUT2D eigenvalue weighted by molar-refractivity contribution is 5.98. The second-order valence-corrected chi connectivity index (χ2v) is 6.19. The summed E-state index contributed by atoms with van der Waals surface area (Å²) in [6.07, 6.45) is -0.236.